The van der Waals surface area contributed by atoms with Gasteiger partial charge in [0.05, 0.1) is 12.3 Å². The lowest BCUT2D eigenvalue weighted by Crippen LogP contribution is -2.29. The van der Waals surface area contributed by atoms with Crippen molar-refractivity contribution < 1.29 is 23.1 Å². The molecule has 0 unspecified atom stereocenters. The van der Waals surface area contributed by atoms with Crippen LogP contribution >= 0.6 is 0 Å². The van der Waals surface area contributed by atoms with E-state index in [0.717, 1.165) is 15.1 Å². The van der Waals surface area contributed by atoms with Gasteiger partial charge in [-0.1, -0.05) is 12.1 Å². The first-order valence-electron chi connectivity index (χ1n) is 7.10. The zero-order valence-electron chi connectivity index (χ0n) is 12.2. The van der Waals surface area contributed by atoms with E-state index >= 15 is 0 Å². The number of fused-ring (bicyclic) bond motifs is 1. The molecule has 2 N–H and O–H groups in total. The van der Waals surface area contributed by atoms with Crippen LogP contribution in [0, 0.1) is 0 Å². The average molecular weight is 336 g/mol. The summed E-state index contributed by atoms with van der Waals surface area (Å²) in [5.74, 6) is 0.0905. The number of carbonyl (C=O) groups excluding carboxylic acids is 1. The third kappa shape index (κ3) is 3.22. The summed E-state index contributed by atoms with van der Waals surface area (Å²) in [6.45, 7) is 0.243. The first-order valence-corrected chi connectivity index (χ1v) is 8.54. The minimum Gasteiger partial charge on any atom is -0.493 e. The van der Waals surface area contributed by atoms with Gasteiger partial charge in [0.25, 0.3) is 5.91 Å². The fourth-order valence-corrected chi connectivity index (χ4v) is 3.53. The molecule has 1 heterocycles. The number of hydrogen-bond donors (Lipinski definition) is 2. The summed E-state index contributed by atoms with van der Waals surface area (Å²) in [6.07, 6.45) is 0.540. The topological polar surface area (TPSA) is 95.9 Å². The van der Waals surface area contributed by atoms with E-state index in [0.29, 0.717) is 24.5 Å². The van der Waals surface area contributed by atoms with Gasteiger partial charge in [-0.15, -0.1) is 0 Å². The summed E-state index contributed by atoms with van der Waals surface area (Å²) in [5.41, 5.74) is 0.420. The van der Waals surface area contributed by atoms with Crippen LogP contribution in [0.1, 0.15) is 6.42 Å². The Kier molecular flexibility index (Phi) is 4.10. The Morgan fingerprint density at radius 1 is 1.17 bits per heavy atom. The van der Waals surface area contributed by atoms with Gasteiger partial charge in [0.1, 0.15) is 12.3 Å². The number of carbonyl (C=O) groups is 1. The molecule has 0 atom stereocenters. The molecule has 0 spiro atoms. The normalized spacial score (nSPS) is 16.6. The lowest BCUT2D eigenvalue weighted by molar-refractivity contribution is -0.117. The molecule has 2 aromatic carbocycles. The Bertz CT molecular complexity index is 850. The predicted molar refractivity (Wildman–Crippen MR) is 85.6 cm³/mol. The number of aliphatic hydroxyl groups is 1. The SMILES string of the molecule is O=C1CN(c2ccc3ccc(OCCCO)cc3c2)S(=O)(=O)N1. The smallest absolute Gasteiger partial charge is 0.326 e. The van der Waals surface area contributed by atoms with Crippen molar-refractivity contribution in [2.24, 2.45) is 0 Å². The molecule has 0 saturated carbocycles. The number of nitrogens with zero attached hydrogens (tertiary/aromatic N) is 1. The van der Waals surface area contributed by atoms with Gasteiger partial charge in [0, 0.05) is 13.0 Å². The van der Waals surface area contributed by atoms with E-state index in [-0.39, 0.29) is 13.2 Å². The van der Waals surface area contributed by atoms with Gasteiger partial charge in [-0.05, 0) is 35.0 Å². The van der Waals surface area contributed by atoms with Gasteiger partial charge in [0.2, 0.25) is 0 Å². The summed E-state index contributed by atoms with van der Waals surface area (Å²) < 4.78 is 32.3. The fraction of sp³-hybridized carbons (Fsp3) is 0.267. The van der Waals surface area contributed by atoms with Crippen molar-refractivity contribution in [3.05, 3.63) is 36.4 Å². The Labute approximate surface area is 133 Å². The van der Waals surface area contributed by atoms with Crippen molar-refractivity contribution in [2.45, 2.75) is 6.42 Å². The number of rotatable bonds is 5. The highest BCUT2D eigenvalue weighted by Crippen LogP contribution is 2.28. The van der Waals surface area contributed by atoms with E-state index in [4.69, 9.17) is 9.84 Å². The van der Waals surface area contributed by atoms with Crippen molar-refractivity contribution in [3.8, 4) is 5.75 Å². The molecule has 122 valence electrons. The maximum absolute atomic E-state index is 11.9. The maximum atomic E-state index is 11.9. The van der Waals surface area contributed by atoms with Crippen LogP contribution in [0.4, 0.5) is 5.69 Å². The Morgan fingerprint density at radius 3 is 2.65 bits per heavy atom. The molecule has 1 fully saturated rings. The number of anilines is 1. The molecule has 0 aromatic heterocycles. The third-order valence-corrected chi connectivity index (χ3v) is 4.88. The second-order valence-electron chi connectivity index (χ2n) is 5.16. The first kappa shape index (κ1) is 15.6. The lowest BCUT2D eigenvalue weighted by atomic mass is 10.1. The molecule has 1 amide bonds. The molecule has 23 heavy (non-hydrogen) atoms. The highest BCUT2D eigenvalue weighted by atomic mass is 32.2. The Balaban J connectivity index is 1.92. The van der Waals surface area contributed by atoms with Crippen LogP contribution in [0.25, 0.3) is 10.8 Å². The highest BCUT2D eigenvalue weighted by Gasteiger charge is 2.33. The lowest BCUT2D eigenvalue weighted by Gasteiger charge is -2.15. The summed E-state index contributed by atoms with van der Waals surface area (Å²) in [4.78, 5) is 11.3. The molecule has 8 heteroatoms. The zero-order valence-corrected chi connectivity index (χ0v) is 13.0. The summed E-state index contributed by atoms with van der Waals surface area (Å²) in [5, 5.41) is 10.5. The minimum atomic E-state index is -3.81. The highest BCUT2D eigenvalue weighted by molar-refractivity contribution is 7.92. The Hall–Kier alpha value is -2.32. The first-order chi connectivity index (χ1) is 11.0. The number of benzene rings is 2. The van der Waals surface area contributed by atoms with Gasteiger partial charge in [-0.25, -0.2) is 9.03 Å². The van der Waals surface area contributed by atoms with Crippen LogP contribution in [-0.2, 0) is 15.0 Å². The minimum absolute atomic E-state index is 0.0611. The van der Waals surface area contributed by atoms with Crippen molar-refractivity contribution in [1.82, 2.24) is 4.72 Å². The molecule has 3 rings (SSSR count). The molecule has 7 nitrogen and oxygen atoms in total. The van der Waals surface area contributed by atoms with Gasteiger partial charge >= 0.3 is 10.2 Å². The molecule has 1 aliphatic heterocycles. The number of aliphatic hydroxyl groups excluding tert-OH is 1. The van der Waals surface area contributed by atoms with Crippen LogP contribution in [0.3, 0.4) is 0 Å². The number of hydrogen-bond acceptors (Lipinski definition) is 5. The monoisotopic (exact) mass is 336 g/mol. The number of nitrogens with one attached hydrogen (secondary N) is 1. The van der Waals surface area contributed by atoms with Crippen LogP contribution in [0.15, 0.2) is 36.4 Å². The van der Waals surface area contributed by atoms with Crippen LogP contribution < -0.4 is 13.8 Å². The molecule has 2 aromatic rings. The molecule has 0 radical (unpaired) electrons. The Morgan fingerprint density at radius 2 is 1.96 bits per heavy atom. The van der Waals surface area contributed by atoms with Gasteiger partial charge in [0.15, 0.2) is 0 Å². The van der Waals surface area contributed by atoms with Crippen LogP contribution in [0.5, 0.6) is 5.75 Å². The molecule has 0 aliphatic carbocycles. The van der Waals surface area contributed by atoms with E-state index in [9.17, 15) is 13.2 Å². The molecular weight excluding hydrogens is 320 g/mol. The van der Waals surface area contributed by atoms with Crippen molar-refractivity contribution in [1.29, 1.82) is 0 Å². The molecule has 0 bridgehead atoms. The average Bonchev–Trinajstić information content (AvgIpc) is 2.79. The summed E-state index contributed by atoms with van der Waals surface area (Å²) in [6, 6.07) is 10.6. The predicted octanol–water partition coefficient (Wildman–Crippen LogP) is 0.782. The second-order valence-corrected chi connectivity index (χ2v) is 6.75. The van der Waals surface area contributed by atoms with E-state index in [1.807, 2.05) is 16.9 Å². The second kappa shape index (κ2) is 6.05. The number of ether oxygens (including phenoxy) is 1. The third-order valence-electron chi connectivity index (χ3n) is 3.47. The van der Waals surface area contributed by atoms with Crippen molar-refractivity contribution in [3.63, 3.8) is 0 Å². The van der Waals surface area contributed by atoms with E-state index < -0.39 is 16.1 Å². The maximum Gasteiger partial charge on any atom is 0.326 e. The largest absolute Gasteiger partial charge is 0.493 e. The standard InChI is InChI=1S/C15H16N2O5S/c18-6-1-7-22-14-5-3-11-2-4-13(8-12(11)9-14)17-10-15(19)16-23(17,20)21/h2-5,8-9,18H,1,6-7,10H2,(H,16,19). The van der Waals surface area contributed by atoms with Crippen molar-refractivity contribution in [2.75, 3.05) is 24.1 Å². The van der Waals surface area contributed by atoms with E-state index in [1.165, 1.54) is 0 Å². The summed E-state index contributed by atoms with van der Waals surface area (Å²) in [7, 11) is -3.81. The molecular formula is C15H16N2O5S. The van der Waals surface area contributed by atoms with Gasteiger partial charge in [-0.3, -0.25) is 4.79 Å². The molecule has 1 saturated heterocycles. The fourth-order valence-electron chi connectivity index (χ4n) is 2.39. The van der Waals surface area contributed by atoms with Crippen LogP contribution in [0.2, 0.25) is 0 Å². The summed E-state index contributed by atoms with van der Waals surface area (Å²) >= 11 is 0. The van der Waals surface area contributed by atoms with Crippen LogP contribution in [-0.4, -0.2) is 39.2 Å². The quantitative estimate of drug-likeness (QED) is 0.787. The van der Waals surface area contributed by atoms with Crippen molar-refractivity contribution >= 4 is 32.6 Å². The van der Waals surface area contributed by atoms with E-state index in [1.54, 1.807) is 24.3 Å². The number of amides is 1. The zero-order chi connectivity index (χ0) is 16.4. The van der Waals surface area contributed by atoms with E-state index in [2.05, 4.69) is 0 Å². The van der Waals surface area contributed by atoms with Gasteiger partial charge < -0.3 is 9.84 Å². The molecule has 1 aliphatic rings. The van der Waals surface area contributed by atoms with Gasteiger partial charge in [-0.2, -0.15) is 8.42 Å².